The minimum absolute atomic E-state index is 0.135. The molecule has 0 aliphatic rings. The summed E-state index contributed by atoms with van der Waals surface area (Å²) in [5, 5.41) is 11.3. The number of benzene rings is 3. The highest BCUT2D eigenvalue weighted by Gasteiger charge is 2.19. The molecule has 2 N–H and O–H groups in total. The molecule has 0 saturated heterocycles. The van der Waals surface area contributed by atoms with Crippen molar-refractivity contribution in [1.29, 1.82) is 0 Å². The lowest BCUT2D eigenvalue weighted by Gasteiger charge is -2.22. The zero-order valence-electron chi connectivity index (χ0n) is 20.5. The van der Waals surface area contributed by atoms with Gasteiger partial charge in [0.15, 0.2) is 0 Å². The van der Waals surface area contributed by atoms with Crippen LogP contribution in [0.2, 0.25) is 10.0 Å². The second kappa shape index (κ2) is 12.0. The van der Waals surface area contributed by atoms with Gasteiger partial charge in [-0.15, -0.1) is 0 Å². The van der Waals surface area contributed by atoms with E-state index in [1.165, 1.54) is 4.90 Å². The van der Waals surface area contributed by atoms with Gasteiger partial charge in [0.1, 0.15) is 12.4 Å². The van der Waals surface area contributed by atoms with Gasteiger partial charge in [0, 0.05) is 23.9 Å². The summed E-state index contributed by atoms with van der Waals surface area (Å²) in [5.74, 6) is 0.0802. The van der Waals surface area contributed by atoms with Crippen LogP contribution in [-0.2, 0) is 11.2 Å². The fourth-order valence-corrected chi connectivity index (χ4v) is 4.15. The van der Waals surface area contributed by atoms with Crippen molar-refractivity contribution < 1.29 is 9.59 Å². The number of carbonyl (C=O) groups is 2. The number of nitrogens with zero attached hydrogens (tertiary/aromatic N) is 3. The first-order valence-electron chi connectivity index (χ1n) is 11.9. The highest BCUT2D eigenvalue weighted by molar-refractivity contribution is 6.42. The Hall–Kier alpha value is -3.81. The van der Waals surface area contributed by atoms with Gasteiger partial charge >= 0.3 is 6.03 Å². The summed E-state index contributed by atoms with van der Waals surface area (Å²) in [6.45, 7) is 4.07. The van der Waals surface area contributed by atoms with Gasteiger partial charge in [-0.25, -0.2) is 9.48 Å². The van der Waals surface area contributed by atoms with Crippen molar-refractivity contribution in [2.75, 3.05) is 23.7 Å². The van der Waals surface area contributed by atoms with Crippen LogP contribution in [0.25, 0.3) is 16.9 Å². The lowest BCUT2D eigenvalue weighted by Crippen LogP contribution is -2.40. The molecular weight excluding hydrogens is 509 g/mol. The van der Waals surface area contributed by atoms with Gasteiger partial charge in [0.25, 0.3) is 0 Å². The van der Waals surface area contributed by atoms with Gasteiger partial charge in [-0.05, 0) is 43.2 Å². The molecule has 0 radical (unpaired) electrons. The molecule has 0 aliphatic heterocycles. The molecule has 9 heteroatoms. The molecule has 7 nitrogen and oxygen atoms in total. The quantitative estimate of drug-likeness (QED) is 0.257. The summed E-state index contributed by atoms with van der Waals surface area (Å²) in [6, 6.07) is 23.8. The van der Waals surface area contributed by atoms with Gasteiger partial charge in [-0.2, -0.15) is 5.10 Å². The standard InChI is InChI=1S/C28H27Cl2N5O2/c1-3-19-10-8-9-13-24(19)31-28(37)34(4-2)18-27(36)32-26-17-25(20-11-6-5-7-12-20)33-35(26)21-14-15-22(29)23(30)16-21/h5-17H,3-4,18H2,1-2H3,(H,31,37)(H,32,36). The Kier molecular flexibility index (Phi) is 8.48. The number of amides is 3. The maximum Gasteiger partial charge on any atom is 0.322 e. The molecule has 3 amide bonds. The Morgan fingerprint density at radius 2 is 1.62 bits per heavy atom. The minimum atomic E-state index is -0.360. The van der Waals surface area contributed by atoms with Gasteiger partial charge in [-0.1, -0.05) is 78.7 Å². The summed E-state index contributed by atoms with van der Waals surface area (Å²) in [6.07, 6.45) is 0.783. The predicted octanol–water partition coefficient (Wildman–Crippen LogP) is 6.90. The molecule has 1 heterocycles. The highest BCUT2D eigenvalue weighted by Crippen LogP contribution is 2.29. The van der Waals surface area contributed by atoms with E-state index in [0.717, 1.165) is 23.2 Å². The Balaban J connectivity index is 1.56. The van der Waals surface area contributed by atoms with E-state index in [1.807, 2.05) is 68.4 Å². The molecule has 0 bridgehead atoms. The summed E-state index contributed by atoms with van der Waals surface area (Å²) < 4.78 is 1.59. The number of hydrogen-bond acceptors (Lipinski definition) is 3. The normalized spacial score (nSPS) is 10.7. The number of likely N-dealkylation sites (N-methyl/N-ethyl adjacent to an activating group) is 1. The number of aryl methyl sites for hydroxylation is 1. The Morgan fingerprint density at radius 3 is 2.32 bits per heavy atom. The summed E-state index contributed by atoms with van der Waals surface area (Å²) in [4.78, 5) is 27.5. The Bertz CT molecular complexity index is 1400. The molecule has 0 fully saturated rings. The molecule has 4 rings (SSSR count). The molecule has 0 saturated carbocycles. The second-order valence-corrected chi connectivity index (χ2v) is 9.11. The Labute approximate surface area is 226 Å². The van der Waals surface area contributed by atoms with E-state index < -0.39 is 0 Å². The number of halogens is 2. The number of urea groups is 1. The molecular formula is C28H27Cl2N5O2. The number of carbonyl (C=O) groups excluding carboxylic acids is 2. The number of para-hydroxylation sites is 1. The predicted molar refractivity (Wildman–Crippen MR) is 150 cm³/mol. The lowest BCUT2D eigenvalue weighted by molar-refractivity contribution is -0.116. The number of aromatic nitrogens is 2. The minimum Gasteiger partial charge on any atom is -0.315 e. The fraction of sp³-hybridized carbons (Fsp3) is 0.179. The van der Waals surface area contributed by atoms with E-state index in [2.05, 4.69) is 10.6 Å². The van der Waals surface area contributed by atoms with Crippen LogP contribution in [0.5, 0.6) is 0 Å². The average molecular weight is 536 g/mol. The number of rotatable bonds is 8. The smallest absolute Gasteiger partial charge is 0.315 e. The van der Waals surface area contributed by atoms with E-state index in [-0.39, 0.29) is 18.5 Å². The van der Waals surface area contributed by atoms with Gasteiger partial charge < -0.3 is 15.5 Å². The third-order valence-electron chi connectivity index (χ3n) is 5.84. The maximum atomic E-state index is 13.1. The van der Waals surface area contributed by atoms with E-state index in [0.29, 0.717) is 33.8 Å². The first-order valence-corrected chi connectivity index (χ1v) is 12.7. The molecule has 190 valence electrons. The average Bonchev–Trinajstić information content (AvgIpc) is 3.33. The molecule has 4 aromatic rings. The molecule has 37 heavy (non-hydrogen) atoms. The summed E-state index contributed by atoms with van der Waals surface area (Å²) >= 11 is 12.3. The van der Waals surface area contributed by atoms with Crippen LogP contribution in [-0.4, -0.2) is 39.7 Å². The molecule has 0 unspecified atom stereocenters. The van der Waals surface area contributed by atoms with Crippen molar-refractivity contribution in [3.05, 3.63) is 94.5 Å². The molecule has 1 aromatic heterocycles. The largest absolute Gasteiger partial charge is 0.322 e. The van der Waals surface area contributed by atoms with Gasteiger partial charge in [0.2, 0.25) is 5.91 Å². The van der Waals surface area contributed by atoms with E-state index in [1.54, 1.807) is 28.9 Å². The van der Waals surface area contributed by atoms with Crippen molar-refractivity contribution in [3.63, 3.8) is 0 Å². The maximum absolute atomic E-state index is 13.1. The van der Waals surface area contributed by atoms with Gasteiger partial charge in [0.05, 0.1) is 21.4 Å². The summed E-state index contributed by atoms with van der Waals surface area (Å²) in [7, 11) is 0. The van der Waals surface area contributed by atoms with Crippen molar-refractivity contribution >= 4 is 46.6 Å². The van der Waals surface area contributed by atoms with Crippen LogP contribution in [0, 0.1) is 0 Å². The van der Waals surface area contributed by atoms with Gasteiger partial charge in [-0.3, -0.25) is 4.79 Å². The Morgan fingerprint density at radius 1 is 0.892 bits per heavy atom. The summed E-state index contributed by atoms with van der Waals surface area (Å²) in [5.41, 5.74) is 3.95. The topological polar surface area (TPSA) is 79.3 Å². The third kappa shape index (κ3) is 6.31. The van der Waals surface area contributed by atoms with Crippen LogP contribution in [0.15, 0.2) is 78.9 Å². The number of anilines is 2. The van der Waals surface area contributed by atoms with E-state index in [9.17, 15) is 9.59 Å². The first kappa shape index (κ1) is 26.3. The van der Waals surface area contributed by atoms with Crippen LogP contribution in [0.4, 0.5) is 16.3 Å². The number of nitrogens with one attached hydrogen (secondary N) is 2. The lowest BCUT2D eigenvalue weighted by atomic mass is 10.1. The zero-order chi connectivity index (χ0) is 26.4. The third-order valence-corrected chi connectivity index (χ3v) is 6.58. The van der Waals surface area contributed by atoms with Crippen LogP contribution >= 0.6 is 23.2 Å². The first-order chi connectivity index (χ1) is 17.9. The van der Waals surface area contributed by atoms with Crippen molar-refractivity contribution in [2.24, 2.45) is 0 Å². The zero-order valence-corrected chi connectivity index (χ0v) is 22.1. The van der Waals surface area contributed by atoms with Crippen LogP contribution in [0.1, 0.15) is 19.4 Å². The molecule has 0 atom stereocenters. The number of hydrogen-bond donors (Lipinski definition) is 2. The van der Waals surface area contributed by atoms with E-state index in [4.69, 9.17) is 28.3 Å². The van der Waals surface area contributed by atoms with Crippen LogP contribution < -0.4 is 10.6 Å². The van der Waals surface area contributed by atoms with E-state index >= 15 is 0 Å². The van der Waals surface area contributed by atoms with Crippen molar-refractivity contribution in [1.82, 2.24) is 14.7 Å². The molecule has 0 spiro atoms. The van der Waals surface area contributed by atoms with Crippen molar-refractivity contribution in [3.8, 4) is 16.9 Å². The molecule has 0 aliphatic carbocycles. The molecule has 3 aromatic carbocycles. The van der Waals surface area contributed by atoms with Crippen LogP contribution in [0.3, 0.4) is 0 Å². The monoisotopic (exact) mass is 535 g/mol. The SMILES string of the molecule is CCc1ccccc1NC(=O)N(CC)CC(=O)Nc1cc(-c2ccccc2)nn1-c1ccc(Cl)c(Cl)c1. The van der Waals surface area contributed by atoms with Crippen molar-refractivity contribution in [2.45, 2.75) is 20.3 Å². The fourth-order valence-electron chi connectivity index (χ4n) is 3.86. The highest BCUT2D eigenvalue weighted by atomic mass is 35.5. The second-order valence-electron chi connectivity index (χ2n) is 8.29.